The summed E-state index contributed by atoms with van der Waals surface area (Å²) in [4.78, 5) is 2.52. The van der Waals surface area contributed by atoms with Crippen molar-refractivity contribution in [3.05, 3.63) is 59.5 Å². The van der Waals surface area contributed by atoms with E-state index in [1.54, 1.807) is 6.26 Å². The molecule has 0 aliphatic carbocycles. The van der Waals surface area contributed by atoms with Gasteiger partial charge in [0, 0.05) is 26.2 Å². The Balaban J connectivity index is 1.46. The van der Waals surface area contributed by atoms with Crippen molar-refractivity contribution in [3.8, 4) is 0 Å². The molecule has 3 heteroatoms. The summed E-state index contributed by atoms with van der Waals surface area (Å²) in [6.45, 7) is 6.45. The Labute approximate surface area is 120 Å². The Morgan fingerprint density at radius 1 is 1.20 bits per heavy atom. The third kappa shape index (κ3) is 3.11. The minimum absolute atomic E-state index is 0.280. The van der Waals surface area contributed by atoms with Crippen LogP contribution in [0.25, 0.3) is 0 Å². The van der Waals surface area contributed by atoms with Crippen LogP contribution >= 0.6 is 0 Å². The Kier molecular flexibility index (Phi) is 4.19. The summed E-state index contributed by atoms with van der Waals surface area (Å²) in [6.07, 6.45) is 2.90. The average molecular weight is 270 g/mol. The SMILES string of the molecule is CC(NCCN1CCc2ccccc2C1)c1ccco1. The second-order valence-electron chi connectivity index (χ2n) is 5.49. The van der Waals surface area contributed by atoms with Crippen LogP contribution in [0.4, 0.5) is 0 Å². The van der Waals surface area contributed by atoms with Gasteiger partial charge < -0.3 is 9.73 Å². The third-order valence-corrected chi connectivity index (χ3v) is 4.06. The highest BCUT2D eigenvalue weighted by Gasteiger charge is 2.15. The van der Waals surface area contributed by atoms with Gasteiger partial charge in [-0.1, -0.05) is 24.3 Å². The summed E-state index contributed by atoms with van der Waals surface area (Å²) in [7, 11) is 0. The first-order chi connectivity index (χ1) is 9.83. The van der Waals surface area contributed by atoms with E-state index in [9.17, 15) is 0 Å². The maximum atomic E-state index is 5.41. The van der Waals surface area contributed by atoms with Crippen molar-refractivity contribution in [2.45, 2.75) is 25.9 Å². The molecule has 1 aromatic carbocycles. The summed E-state index contributed by atoms with van der Waals surface area (Å²) in [5.41, 5.74) is 3.00. The van der Waals surface area contributed by atoms with Crippen molar-refractivity contribution in [2.75, 3.05) is 19.6 Å². The standard InChI is InChI=1S/C17H22N2O/c1-14(17-7-4-12-20-17)18-9-11-19-10-8-15-5-2-3-6-16(15)13-19/h2-7,12,14,18H,8-11,13H2,1H3. The molecule has 1 aliphatic rings. The van der Waals surface area contributed by atoms with Gasteiger partial charge in [0.25, 0.3) is 0 Å². The van der Waals surface area contributed by atoms with Crippen molar-refractivity contribution in [2.24, 2.45) is 0 Å². The largest absolute Gasteiger partial charge is 0.468 e. The fraction of sp³-hybridized carbons (Fsp3) is 0.412. The van der Waals surface area contributed by atoms with Crippen LogP contribution in [0.2, 0.25) is 0 Å². The van der Waals surface area contributed by atoms with Crippen LogP contribution in [0.15, 0.2) is 47.1 Å². The topological polar surface area (TPSA) is 28.4 Å². The van der Waals surface area contributed by atoms with E-state index in [1.165, 1.54) is 17.5 Å². The molecule has 1 N–H and O–H groups in total. The zero-order valence-electron chi connectivity index (χ0n) is 12.0. The van der Waals surface area contributed by atoms with E-state index < -0.39 is 0 Å². The maximum absolute atomic E-state index is 5.41. The molecule has 2 aromatic rings. The molecule has 0 bridgehead atoms. The zero-order valence-corrected chi connectivity index (χ0v) is 12.0. The molecule has 0 fully saturated rings. The first kappa shape index (κ1) is 13.4. The molecule has 1 unspecified atom stereocenters. The third-order valence-electron chi connectivity index (χ3n) is 4.06. The molecule has 1 aliphatic heterocycles. The lowest BCUT2D eigenvalue weighted by Crippen LogP contribution is -2.36. The molecule has 1 aromatic heterocycles. The van der Waals surface area contributed by atoms with Gasteiger partial charge in [0.2, 0.25) is 0 Å². The number of nitrogens with one attached hydrogen (secondary N) is 1. The van der Waals surface area contributed by atoms with Gasteiger partial charge in [0.15, 0.2) is 0 Å². The first-order valence-electron chi connectivity index (χ1n) is 7.39. The number of benzene rings is 1. The summed E-state index contributed by atoms with van der Waals surface area (Å²) in [5, 5.41) is 3.52. The summed E-state index contributed by atoms with van der Waals surface area (Å²) in [6, 6.07) is 13.0. The highest BCUT2D eigenvalue weighted by Crippen LogP contribution is 2.18. The van der Waals surface area contributed by atoms with Gasteiger partial charge in [-0.05, 0) is 36.6 Å². The predicted molar refractivity (Wildman–Crippen MR) is 80.5 cm³/mol. The Morgan fingerprint density at radius 3 is 2.85 bits per heavy atom. The number of fused-ring (bicyclic) bond motifs is 1. The molecule has 0 radical (unpaired) electrons. The first-order valence-corrected chi connectivity index (χ1v) is 7.39. The number of rotatable bonds is 5. The van der Waals surface area contributed by atoms with Crippen molar-refractivity contribution in [3.63, 3.8) is 0 Å². The van der Waals surface area contributed by atoms with Gasteiger partial charge in [0.1, 0.15) is 5.76 Å². The highest BCUT2D eigenvalue weighted by molar-refractivity contribution is 5.29. The molecular weight excluding hydrogens is 248 g/mol. The summed E-state index contributed by atoms with van der Waals surface area (Å²) < 4.78 is 5.41. The number of furan rings is 1. The van der Waals surface area contributed by atoms with Gasteiger partial charge in [-0.15, -0.1) is 0 Å². The fourth-order valence-corrected chi connectivity index (χ4v) is 2.82. The van der Waals surface area contributed by atoms with Gasteiger partial charge >= 0.3 is 0 Å². The normalized spacial score (nSPS) is 16.9. The molecule has 106 valence electrons. The van der Waals surface area contributed by atoms with Crippen LogP contribution in [-0.2, 0) is 13.0 Å². The monoisotopic (exact) mass is 270 g/mol. The van der Waals surface area contributed by atoms with Crippen LogP contribution in [0.3, 0.4) is 0 Å². The molecule has 0 saturated heterocycles. The molecule has 2 heterocycles. The lowest BCUT2D eigenvalue weighted by Gasteiger charge is -2.29. The lowest BCUT2D eigenvalue weighted by atomic mass is 10.00. The minimum Gasteiger partial charge on any atom is -0.468 e. The molecule has 3 rings (SSSR count). The molecule has 0 saturated carbocycles. The zero-order chi connectivity index (χ0) is 13.8. The van der Waals surface area contributed by atoms with Crippen molar-refractivity contribution in [1.82, 2.24) is 10.2 Å². The van der Waals surface area contributed by atoms with Crippen LogP contribution in [-0.4, -0.2) is 24.5 Å². The predicted octanol–water partition coefficient (Wildman–Crippen LogP) is 2.99. The molecule has 0 spiro atoms. The second-order valence-corrected chi connectivity index (χ2v) is 5.49. The minimum atomic E-state index is 0.280. The van der Waals surface area contributed by atoms with Crippen molar-refractivity contribution >= 4 is 0 Å². The quantitative estimate of drug-likeness (QED) is 0.905. The number of hydrogen-bond acceptors (Lipinski definition) is 3. The van der Waals surface area contributed by atoms with E-state index >= 15 is 0 Å². The van der Waals surface area contributed by atoms with Crippen LogP contribution in [0, 0.1) is 0 Å². The van der Waals surface area contributed by atoms with Gasteiger partial charge in [-0.2, -0.15) is 0 Å². The number of nitrogens with zero attached hydrogens (tertiary/aromatic N) is 1. The van der Waals surface area contributed by atoms with E-state index in [2.05, 4.69) is 41.4 Å². The summed E-state index contributed by atoms with van der Waals surface area (Å²) in [5.74, 6) is 1.01. The smallest absolute Gasteiger partial charge is 0.120 e. The second kappa shape index (κ2) is 6.25. The summed E-state index contributed by atoms with van der Waals surface area (Å²) >= 11 is 0. The van der Waals surface area contributed by atoms with Crippen LogP contribution < -0.4 is 5.32 Å². The average Bonchev–Trinajstić information content (AvgIpc) is 3.01. The highest BCUT2D eigenvalue weighted by atomic mass is 16.3. The van der Waals surface area contributed by atoms with Gasteiger partial charge in [0.05, 0.1) is 12.3 Å². The van der Waals surface area contributed by atoms with E-state index in [-0.39, 0.29) is 6.04 Å². The van der Waals surface area contributed by atoms with E-state index in [0.29, 0.717) is 0 Å². The van der Waals surface area contributed by atoms with E-state index in [4.69, 9.17) is 4.42 Å². The van der Waals surface area contributed by atoms with Crippen LogP contribution in [0.1, 0.15) is 29.9 Å². The Hall–Kier alpha value is -1.58. The van der Waals surface area contributed by atoms with Crippen molar-refractivity contribution < 1.29 is 4.42 Å². The van der Waals surface area contributed by atoms with E-state index in [0.717, 1.165) is 31.9 Å². The Bertz CT molecular complexity index is 536. The molecule has 0 amide bonds. The molecule has 20 heavy (non-hydrogen) atoms. The molecular formula is C17H22N2O. The Morgan fingerprint density at radius 2 is 2.05 bits per heavy atom. The van der Waals surface area contributed by atoms with Gasteiger partial charge in [-0.25, -0.2) is 0 Å². The lowest BCUT2D eigenvalue weighted by molar-refractivity contribution is 0.249. The number of hydrogen-bond donors (Lipinski definition) is 1. The van der Waals surface area contributed by atoms with E-state index in [1.807, 2.05) is 12.1 Å². The van der Waals surface area contributed by atoms with Crippen LogP contribution in [0.5, 0.6) is 0 Å². The van der Waals surface area contributed by atoms with Crippen molar-refractivity contribution in [1.29, 1.82) is 0 Å². The molecule has 3 nitrogen and oxygen atoms in total. The fourth-order valence-electron chi connectivity index (χ4n) is 2.82. The van der Waals surface area contributed by atoms with Gasteiger partial charge in [-0.3, -0.25) is 4.90 Å². The molecule has 1 atom stereocenters. The maximum Gasteiger partial charge on any atom is 0.120 e.